The van der Waals surface area contributed by atoms with E-state index in [1.807, 2.05) is 20.0 Å². The lowest BCUT2D eigenvalue weighted by Gasteiger charge is -2.36. The lowest BCUT2D eigenvalue weighted by molar-refractivity contribution is 0.00673. The molecule has 0 spiro atoms. The van der Waals surface area contributed by atoms with Crippen molar-refractivity contribution in [2.24, 2.45) is 13.0 Å². The van der Waals surface area contributed by atoms with Crippen molar-refractivity contribution in [2.45, 2.75) is 45.6 Å². The van der Waals surface area contributed by atoms with Crippen LogP contribution in [0.2, 0.25) is 0 Å². The lowest BCUT2D eigenvalue weighted by atomic mass is 10.0. The van der Waals surface area contributed by atoms with E-state index in [4.69, 9.17) is 9.72 Å². The molecule has 4 rings (SSSR count). The summed E-state index contributed by atoms with van der Waals surface area (Å²) in [6, 6.07) is 2.30. The van der Waals surface area contributed by atoms with Crippen molar-refractivity contribution in [1.29, 1.82) is 0 Å². The van der Waals surface area contributed by atoms with E-state index in [9.17, 15) is 4.79 Å². The molecule has 1 unspecified atom stereocenters. The molecule has 2 aromatic heterocycles. The quantitative estimate of drug-likeness (QED) is 0.826. The van der Waals surface area contributed by atoms with Crippen LogP contribution in [0.4, 0.5) is 0 Å². The summed E-state index contributed by atoms with van der Waals surface area (Å²) in [5.41, 5.74) is 3.39. The van der Waals surface area contributed by atoms with Gasteiger partial charge >= 0.3 is 0 Å². The Morgan fingerprint density at radius 2 is 2.04 bits per heavy atom. The number of hydrogen-bond donors (Lipinski definition) is 1. The van der Waals surface area contributed by atoms with E-state index in [1.165, 1.54) is 0 Å². The molecule has 7 heteroatoms. The molecule has 3 heterocycles. The maximum atomic E-state index is 13.2. The second-order valence-corrected chi connectivity index (χ2v) is 8.45. The Morgan fingerprint density at radius 3 is 2.68 bits per heavy atom. The van der Waals surface area contributed by atoms with Gasteiger partial charge < -0.3 is 10.1 Å². The largest absolute Gasteiger partial charge is 0.379 e. The summed E-state index contributed by atoms with van der Waals surface area (Å²) in [4.78, 5) is 20.4. The fraction of sp³-hybridized carbons (Fsp3) is 0.667. The minimum atomic E-state index is -0.0238. The highest BCUT2D eigenvalue weighted by atomic mass is 16.5. The smallest absolute Gasteiger partial charge is 0.252 e. The third-order valence-electron chi connectivity index (χ3n) is 5.98. The predicted octanol–water partition coefficient (Wildman–Crippen LogP) is 2.24. The van der Waals surface area contributed by atoms with Crippen molar-refractivity contribution < 1.29 is 9.53 Å². The van der Waals surface area contributed by atoms with Crippen LogP contribution < -0.4 is 5.32 Å². The van der Waals surface area contributed by atoms with Crippen LogP contribution in [0.1, 0.15) is 54.4 Å². The van der Waals surface area contributed by atoms with E-state index in [1.54, 1.807) is 4.68 Å². The van der Waals surface area contributed by atoms with Gasteiger partial charge in [0, 0.05) is 44.3 Å². The topological polar surface area (TPSA) is 72.3 Å². The molecular weight excluding hydrogens is 354 g/mol. The van der Waals surface area contributed by atoms with E-state index >= 15 is 0 Å². The van der Waals surface area contributed by atoms with Crippen molar-refractivity contribution in [3.05, 3.63) is 23.0 Å². The number of rotatable bonds is 6. The highest BCUT2D eigenvalue weighted by molar-refractivity contribution is 6.06. The van der Waals surface area contributed by atoms with Crippen LogP contribution in [0.25, 0.3) is 11.0 Å². The van der Waals surface area contributed by atoms with Gasteiger partial charge in [-0.1, -0.05) is 13.8 Å². The Bertz CT molecular complexity index is 865. The molecule has 0 aromatic carbocycles. The van der Waals surface area contributed by atoms with Gasteiger partial charge in [0.25, 0.3) is 5.91 Å². The number of fused-ring (bicyclic) bond motifs is 1. The minimum absolute atomic E-state index is 0.0238. The zero-order chi connectivity index (χ0) is 19.8. The van der Waals surface area contributed by atoms with Gasteiger partial charge in [0.05, 0.1) is 29.9 Å². The standard InChI is InChI=1S/C21H31N5O2/c1-13(2)18(26-7-9-28-10-8-26)12-22-21(27)16-11-17(15-5-6-15)23-20-19(16)14(3)24-25(20)4/h11,13,15,18H,5-10,12H2,1-4H3,(H,22,27). The maximum Gasteiger partial charge on any atom is 0.252 e. The number of aryl methyl sites for hydroxylation is 2. The Labute approximate surface area is 166 Å². The number of amides is 1. The second kappa shape index (κ2) is 7.79. The average molecular weight is 386 g/mol. The molecule has 1 aliphatic carbocycles. The fourth-order valence-electron chi connectivity index (χ4n) is 4.22. The zero-order valence-electron chi connectivity index (χ0n) is 17.4. The van der Waals surface area contributed by atoms with Crippen LogP contribution in [0.5, 0.6) is 0 Å². The predicted molar refractivity (Wildman–Crippen MR) is 109 cm³/mol. The molecule has 2 aliphatic rings. The molecule has 1 amide bonds. The van der Waals surface area contributed by atoms with Crippen LogP contribution in [0.3, 0.4) is 0 Å². The van der Waals surface area contributed by atoms with Crippen LogP contribution in [-0.2, 0) is 11.8 Å². The summed E-state index contributed by atoms with van der Waals surface area (Å²) in [6.07, 6.45) is 2.31. The molecule has 0 radical (unpaired) electrons. The second-order valence-electron chi connectivity index (χ2n) is 8.45. The van der Waals surface area contributed by atoms with Gasteiger partial charge in [0.15, 0.2) is 5.65 Å². The first kappa shape index (κ1) is 19.3. The van der Waals surface area contributed by atoms with Gasteiger partial charge in [0.2, 0.25) is 0 Å². The Hall–Kier alpha value is -1.99. The van der Waals surface area contributed by atoms with Crippen LogP contribution in [0.15, 0.2) is 6.07 Å². The monoisotopic (exact) mass is 385 g/mol. The molecular formula is C21H31N5O2. The Morgan fingerprint density at radius 1 is 1.32 bits per heavy atom. The molecule has 2 aromatic rings. The molecule has 0 bridgehead atoms. The summed E-state index contributed by atoms with van der Waals surface area (Å²) in [5.74, 6) is 0.922. The minimum Gasteiger partial charge on any atom is -0.379 e. The third kappa shape index (κ3) is 3.78. The highest BCUT2D eigenvalue weighted by Gasteiger charge is 2.29. The van der Waals surface area contributed by atoms with Gasteiger partial charge in [-0.15, -0.1) is 0 Å². The molecule has 1 saturated carbocycles. The zero-order valence-corrected chi connectivity index (χ0v) is 17.4. The van der Waals surface area contributed by atoms with Gasteiger partial charge in [-0.3, -0.25) is 14.4 Å². The van der Waals surface area contributed by atoms with Crippen molar-refractivity contribution in [2.75, 3.05) is 32.8 Å². The van der Waals surface area contributed by atoms with Crippen LogP contribution >= 0.6 is 0 Å². The molecule has 1 saturated heterocycles. The van der Waals surface area contributed by atoms with E-state index in [0.29, 0.717) is 30.0 Å². The Kier molecular flexibility index (Phi) is 5.38. The number of ether oxygens (including phenoxy) is 1. The maximum absolute atomic E-state index is 13.2. The van der Waals surface area contributed by atoms with E-state index in [2.05, 4.69) is 29.2 Å². The summed E-state index contributed by atoms with van der Waals surface area (Å²) in [7, 11) is 1.90. The summed E-state index contributed by atoms with van der Waals surface area (Å²) < 4.78 is 7.27. The molecule has 1 atom stereocenters. The summed E-state index contributed by atoms with van der Waals surface area (Å²) >= 11 is 0. The van der Waals surface area contributed by atoms with E-state index in [0.717, 1.165) is 61.6 Å². The molecule has 1 aliphatic heterocycles. The lowest BCUT2D eigenvalue weighted by Crippen LogP contribution is -2.51. The van der Waals surface area contributed by atoms with E-state index < -0.39 is 0 Å². The number of aromatic nitrogens is 3. The fourth-order valence-corrected chi connectivity index (χ4v) is 4.22. The van der Waals surface area contributed by atoms with Gasteiger partial charge in [-0.25, -0.2) is 4.98 Å². The highest BCUT2D eigenvalue weighted by Crippen LogP contribution is 2.40. The number of nitrogens with zero attached hydrogens (tertiary/aromatic N) is 4. The van der Waals surface area contributed by atoms with Gasteiger partial charge in [-0.2, -0.15) is 5.10 Å². The van der Waals surface area contributed by atoms with Crippen molar-refractivity contribution in [1.82, 2.24) is 25.0 Å². The Balaban J connectivity index is 1.57. The number of nitrogens with one attached hydrogen (secondary N) is 1. The number of pyridine rings is 1. The summed E-state index contributed by atoms with van der Waals surface area (Å²) in [6.45, 7) is 10.4. The van der Waals surface area contributed by atoms with Crippen LogP contribution in [-0.4, -0.2) is 64.5 Å². The van der Waals surface area contributed by atoms with Crippen LogP contribution in [0, 0.1) is 12.8 Å². The summed E-state index contributed by atoms with van der Waals surface area (Å²) in [5, 5.41) is 8.58. The SMILES string of the molecule is Cc1nn(C)c2nc(C3CC3)cc(C(=O)NCC(C(C)C)N3CCOCC3)c12. The molecule has 7 nitrogen and oxygen atoms in total. The molecule has 2 fully saturated rings. The number of hydrogen-bond acceptors (Lipinski definition) is 5. The third-order valence-corrected chi connectivity index (χ3v) is 5.98. The molecule has 1 N–H and O–H groups in total. The first-order chi connectivity index (χ1) is 13.5. The number of carbonyl (C=O) groups excluding carboxylic acids is 1. The number of carbonyl (C=O) groups is 1. The van der Waals surface area contributed by atoms with Crippen molar-refractivity contribution in [3.63, 3.8) is 0 Å². The first-order valence-corrected chi connectivity index (χ1v) is 10.4. The van der Waals surface area contributed by atoms with E-state index in [-0.39, 0.29) is 5.91 Å². The normalized spacial score (nSPS) is 19.3. The molecule has 28 heavy (non-hydrogen) atoms. The molecule has 152 valence electrons. The van der Waals surface area contributed by atoms with Crippen molar-refractivity contribution >= 4 is 16.9 Å². The van der Waals surface area contributed by atoms with Gasteiger partial charge in [-0.05, 0) is 31.7 Å². The van der Waals surface area contributed by atoms with Gasteiger partial charge in [0.1, 0.15) is 0 Å². The number of morpholine rings is 1. The van der Waals surface area contributed by atoms with Crippen molar-refractivity contribution in [3.8, 4) is 0 Å². The first-order valence-electron chi connectivity index (χ1n) is 10.4. The average Bonchev–Trinajstić information content (AvgIpc) is 3.48.